The van der Waals surface area contributed by atoms with Crippen molar-refractivity contribution in [3.05, 3.63) is 57.6 Å². The number of hydrogen-bond donors (Lipinski definition) is 0. The highest BCUT2D eigenvalue weighted by Crippen LogP contribution is 2.46. The molecule has 0 saturated carbocycles. The SMILES string of the molecule is CCSc1nnc2c(n1)OC(c1ccccc1Br)N(C(C)=O)c1c(C)cc(C)cc1-2. The first-order valence-corrected chi connectivity index (χ1v) is 11.4. The molecule has 1 amide bonds. The Balaban J connectivity index is 2.04. The van der Waals surface area contributed by atoms with Crippen molar-refractivity contribution in [1.82, 2.24) is 15.2 Å². The van der Waals surface area contributed by atoms with E-state index in [4.69, 9.17) is 4.74 Å². The minimum absolute atomic E-state index is 0.132. The van der Waals surface area contributed by atoms with Gasteiger partial charge < -0.3 is 4.74 Å². The van der Waals surface area contributed by atoms with Gasteiger partial charge in [0.1, 0.15) is 0 Å². The Kier molecular flexibility index (Phi) is 5.79. The summed E-state index contributed by atoms with van der Waals surface area (Å²) in [6.45, 7) is 7.59. The number of benzene rings is 2. The number of fused-ring (bicyclic) bond motifs is 3. The van der Waals surface area contributed by atoms with Crippen LogP contribution in [0.15, 0.2) is 46.0 Å². The second-order valence-corrected chi connectivity index (χ2v) is 9.13. The molecule has 0 bridgehead atoms. The van der Waals surface area contributed by atoms with Gasteiger partial charge in [-0.1, -0.05) is 64.4 Å². The standard InChI is InChI=1S/C22H21BrN4O2S/c1-5-30-22-24-20-18(25-26-22)16-11-12(2)10-13(3)19(16)27(14(4)28)21(29-20)15-8-6-7-9-17(15)23/h6-11,21H,5H2,1-4H3. The number of carbonyl (C=O) groups excluding carboxylic acids is 1. The zero-order valence-corrected chi connectivity index (χ0v) is 19.5. The zero-order valence-electron chi connectivity index (χ0n) is 17.1. The van der Waals surface area contributed by atoms with Gasteiger partial charge >= 0.3 is 0 Å². The van der Waals surface area contributed by atoms with Crippen LogP contribution < -0.4 is 9.64 Å². The third kappa shape index (κ3) is 3.70. The lowest BCUT2D eigenvalue weighted by Gasteiger charge is -2.31. The van der Waals surface area contributed by atoms with Gasteiger partial charge in [0.25, 0.3) is 0 Å². The third-order valence-electron chi connectivity index (χ3n) is 4.82. The van der Waals surface area contributed by atoms with Crippen molar-refractivity contribution in [2.24, 2.45) is 0 Å². The summed E-state index contributed by atoms with van der Waals surface area (Å²) in [4.78, 5) is 19.3. The molecule has 30 heavy (non-hydrogen) atoms. The smallest absolute Gasteiger partial charge is 0.247 e. The van der Waals surface area contributed by atoms with Crippen LogP contribution in [-0.4, -0.2) is 26.8 Å². The summed E-state index contributed by atoms with van der Waals surface area (Å²) >= 11 is 5.11. The molecule has 6 nitrogen and oxygen atoms in total. The van der Waals surface area contributed by atoms with E-state index in [2.05, 4.69) is 37.2 Å². The molecule has 3 aromatic rings. The van der Waals surface area contributed by atoms with E-state index in [1.165, 1.54) is 11.8 Å². The first-order chi connectivity index (χ1) is 14.4. The molecule has 1 unspecified atom stereocenters. The first-order valence-electron chi connectivity index (χ1n) is 9.60. The molecule has 154 valence electrons. The Morgan fingerprint density at radius 1 is 1.23 bits per heavy atom. The van der Waals surface area contributed by atoms with Crippen molar-refractivity contribution in [3.8, 4) is 17.1 Å². The monoisotopic (exact) mass is 484 g/mol. The summed E-state index contributed by atoms with van der Waals surface area (Å²) in [5.74, 6) is 1.06. The molecule has 0 fully saturated rings. The molecule has 0 radical (unpaired) electrons. The van der Waals surface area contributed by atoms with Gasteiger partial charge in [-0.2, -0.15) is 4.98 Å². The molecule has 4 rings (SSSR count). The van der Waals surface area contributed by atoms with Gasteiger partial charge in [0.05, 0.1) is 5.69 Å². The topological polar surface area (TPSA) is 68.2 Å². The molecule has 0 N–H and O–H groups in total. The Morgan fingerprint density at radius 2 is 2.00 bits per heavy atom. The fourth-order valence-electron chi connectivity index (χ4n) is 3.68. The van der Waals surface area contributed by atoms with Crippen LogP contribution in [0.4, 0.5) is 5.69 Å². The minimum atomic E-state index is -0.698. The number of anilines is 1. The number of aryl methyl sites for hydroxylation is 2. The first kappa shape index (κ1) is 20.8. The molecular formula is C22H21BrN4O2S. The number of nitrogens with zero attached hydrogens (tertiary/aromatic N) is 4. The molecule has 8 heteroatoms. The van der Waals surface area contributed by atoms with Crippen LogP contribution in [0.25, 0.3) is 11.3 Å². The number of ether oxygens (including phenoxy) is 1. The van der Waals surface area contributed by atoms with Crippen molar-refractivity contribution >= 4 is 39.3 Å². The van der Waals surface area contributed by atoms with Gasteiger partial charge in [-0.15, -0.1) is 10.2 Å². The number of thioether (sulfide) groups is 1. The van der Waals surface area contributed by atoms with Crippen molar-refractivity contribution in [2.75, 3.05) is 10.7 Å². The van der Waals surface area contributed by atoms with Crippen LogP contribution >= 0.6 is 27.7 Å². The van der Waals surface area contributed by atoms with Crippen molar-refractivity contribution in [3.63, 3.8) is 0 Å². The molecule has 1 aromatic heterocycles. The molecule has 0 spiro atoms. The van der Waals surface area contributed by atoms with Crippen LogP contribution in [0.5, 0.6) is 5.88 Å². The Bertz CT molecular complexity index is 1140. The minimum Gasteiger partial charge on any atom is -0.447 e. The average Bonchev–Trinajstić information content (AvgIpc) is 2.83. The van der Waals surface area contributed by atoms with E-state index >= 15 is 0 Å². The highest BCUT2D eigenvalue weighted by Gasteiger charge is 2.36. The van der Waals surface area contributed by atoms with Gasteiger partial charge in [-0.3, -0.25) is 9.69 Å². The van der Waals surface area contributed by atoms with Crippen LogP contribution in [0.2, 0.25) is 0 Å². The highest BCUT2D eigenvalue weighted by molar-refractivity contribution is 9.10. The highest BCUT2D eigenvalue weighted by atomic mass is 79.9. The summed E-state index contributed by atoms with van der Waals surface area (Å²) in [5, 5.41) is 9.28. The number of rotatable bonds is 3. The van der Waals surface area contributed by atoms with E-state index in [0.29, 0.717) is 16.7 Å². The molecule has 2 aromatic carbocycles. The Labute approximate surface area is 188 Å². The Morgan fingerprint density at radius 3 is 2.70 bits per heavy atom. The van der Waals surface area contributed by atoms with Gasteiger partial charge in [0.15, 0.2) is 5.69 Å². The fourth-order valence-corrected chi connectivity index (χ4v) is 4.66. The van der Waals surface area contributed by atoms with Crippen molar-refractivity contribution in [1.29, 1.82) is 0 Å². The van der Waals surface area contributed by atoms with Crippen molar-refractivity contribution in [2.45, 2.75) is 39.1 Å². The Hall–Kier alpha value is -2.45. The molecule has 2 heterocycles. The summed E-state index contributed by atoms with van der Waals surface area (Å²) in [6.07, 6.45) is -0.698. The third-order valence-corrected chi connectivity index (χ3v) is 6.26. The van der Waals surface area contributed by atoms with Gasteiger partial charge in [-0.05, 0) is 37.3 Å². The van der Waals surface area contributed by atoms with Gasteiger partial charge in [0.2, 0.25) is 23.2 Å². The predicted molar refractivity (Wildman–Crippen MR) is 122 cm³/mol. The summed E-state index contributed by atoms with van der Waals surface area (Å²) in [6, 6.07) is 11.8. The normalized spacial score (nSPS) is 15.1. The summed E-state index contributed by atoms with van der Waals surface area (Å²) in [7, 11) is 0. The van der Waals surface area contributed by atoms with Crippen LogP contribution in [0.3, 0.4) is 0 Å². The van der Waals surface area contributed by atoms with E-state index in [1.54, 1.807) is 11.8 Å². The summed E-state index contributed by atoms with van der Waals surface area (Å²) < 4.78 is 7.26. The van der Waals surface area contributed by atoms with Crippen molar-refractivity contribution < 1.29 is 9.53 Å². The quantitative estimate of drug-likeness (QED) is 0.458. The van der Waals surface area contributed by atoms with E-state index in [-0.39, 0.29) is 5.91 Å². The van der Waals surface area contributed by atoms with E-state index in [0.717, 1.165) is 38.2 Å². The molecule has 1 aliphatic rings. The fraction of sp³-hybridized carbons (Fsp3) is 0.273. The zero-order chi connectivity index (χ0) is 21.4. The second-order valence-electron chi connectivity index (χ2n) is 7.04. The number of halogens is 1. The maximum absolute atomic E-state index is 12.9. The lowest BCUT2D eigenvalue weighted by Crippen LogP contribution is -2.36. The van der Waals surface area contributed by atoms with Crippen LogP contribution in [0.1, 0.15) is 36.8 Å². The lowest BCUT2D eigenvalue weighted by atomic mass is 10.00. The number of carbonyl (C=O) groups is 1. The largest absolute Gasteiger partial charge is 0.447 e. The molecule has 0 aliphatic carbocycles. The number of aromatic nitrogens is 3. The summed E-state index contributed by atoms with van der Waals surface area (Å²) in [5.41, 5.74) is 4.95. The molecule has 1 atom stereocenters. The van der Waals surface area contributed by atoms with E-state index in [9.17, 15) is 4.79 Å². The van der Waals surface area contributed by atoms with Crippen LogP contribution in [-0.2, 0) is 4.79 Å². The van der Waals surface area contributed by atoms with E-state index in [1.807, 2.05) is 51.1 Å². The second kappa shape index (κ2) is 8.35. The molecular weight excluding hydrogens is 464 g/mol. The maximum atomic E-state index is 12.9. The molecule has 1 aliphatic heterocycles. The predicted octanol–water partition coefficient (Wildman–Crippen LogP) is 5.47. The average molecular weight is 485 g/mol. The maximum Gasteiger partial charge on any atom is 0.247 e. The lowest BCUT2D eigenvalue weighted by molar-refractivity contribution is -0.118. The van der Waals surface area contributed by atoms with Gasteiger partial charge in [0, 0.05) is 22.5 Å². The van der Waals surface area contributed by atoms with Crippen LogP contribution in [0, 0.1) is 13.8 Å². The number of amides is 1. The van der Waals surface area contributed by atoms with Gasteiger partial charge in [-0.25, -0.2) is 0 Å². The number of hydrogen-bond acceptors (Lipinski definition) is 6. The molecule has 0 saturated heterocycles. The van der Waals surface area contributed by atoms with E-state index < -0.39 is 6.23 Å².